The lowest BCUT2D eigenvalue weighted by Crippen LogP contribution is -2.29. The molecule has 52 heavy (non-hydrogen) atoms. The van der Waals surface area contributed by atoms with Gasteiger partial charge in [0, 0.05) is 19.3 Å². The molecule has 10 heteroatoms. The fourth-order valence-electron chi connectivity index (χ4n) is 6.00. The molecule has 1 atom stereocenters. The largest absolute Gasteiger partial charge is 0.469 e. The Morgan fingerprint density at radius 2 is 0.962 bits per heavy atom. The molecule has 0 heterocycles. The van der Waals surface area contributed by atoms with Crippen molar-refractivity contribution in [2.75, 3.05) is 13.2 Å². The molecule has 0 amide bonds. The molecule has 0 aromatic carbocycles. The van der Waals surface area contributed by atoms with E-state index in [1.807, 2.05) is 12.2 Å². The van der Waals surface area contributed by atoms with Gasteiger partial charge in [-0.05, 0) is 38.2 Å². The number of esters is 2. The number of carbonyl (C=O) groups excluding carboxylic acids is 3. The Hall–Kier alpha value is -1.80. The van der Waals surface area contributed by atoms with Gasteiger partial charge >= 0.3 is 19.8 Å². The van der Waals surface area contributed by atoms with Crippen molar-refractivity contribution >= 4 is 25.5 Å². The van der Waals surface area contributed by atoms with Gasteiger partial charge in [0.25, 0.3) is 0 Å². The average molecular weight is 757 g/mol. The maximum atomic E-state index is 12.4. The molecule has 0 saturated heterocycles. The maximum absolute atomic E-state index is 12.4. The summed E-state index contributed by atoms with van der Waals surface area (Å²) in [6, 6.07) is 0. The van der Waals surface area contributed by atoms with E-state index >= 15 is 0 Å². The average Bonchev–Trinajstić information content (AvgIpc) is 3.11. The monoisotopic (exact) mass is 757 g/mol. The van der Waals surface area contributed by atoms with Gasteiger partial charge in [-0.3, -0.25) is 18.9 Å². The normalized spacial score (nSPS) is 12.5. The van der Waals surface area contributed by atoms with Crippen LogP contribution in [0.25, 0.3) is 0 Å². The number of phosphoric ester groups is 1. The van der Waals surface area contributed by atoms with E-state index in [2.05, 4.69) is 24.4 Å². The minimum absolute atomic E-state index is 0.175. The van der Waals surface area contributed by atoms with Gasteiger partial charge in [-0.25, -0.2) is 4.57 Å². The van der Waals surface area contributed by atoms with Gasteiger partial charge in [0.15, 0.2) is 11.9 Å². The van der Waals surface area contributed by atoms with Crippen LogP contribution < -0.4 is 0 Å². The molecule has 0 rings (SSSR count). The first-order valence-corrected chi connectivity index (χ1v) is 22.6. The van der Waals surface area contributed by atoms with Crippen molar-refractivity contribution in [2.24, 2.45) is 0 Å². The number of rotatable bonds is 39. The second-order valence-corrected chi connectivity index (χ2v) is 15.6. The summed E-state index contributed by atoms with van der Waals surface area (Å²) in [6.07, 6.45) is 38.8. The van der Waals surface area contributed by atoms with Crippen LogP contribution in [0.5, 0.6) is 0 Å². The summed E-state index contributed by atoms with van der Waals surface area (Å²) in [5.74, 6) is -0.762. The molecule has 0 bridgehead atoms. The quantitative estimate of drug-likeness (QED) is 0.0206. The number of unbranched alkanes of at least 4 members (excludes halogenated alkanes) is 24. The predicted molar refractivity (Wildman–Crippen MR) is 212 cm³/mol. The van der Waals surface area contributed by atoms with Crippen molar-refractivity contribution in [1.82, 2.24) is 0 Å². The summed E-state index contributed by atoms with van der Waals surface area (Å²) >= 11 is 0. The van der Waals surface area contributed by atoms with Crippen LogP contribution in [0.4, 0.5) is 0 Å². The second-order valence-electron chi connectivity index (χ2n) is 14.4. The zero-order valence-electron chi connectivity index (χ0n) is 33.2. The van der Waals surface area contributed by atoms with Crippen molar-refractivity contribution in [3.63, 3.8) is 0 Å². The molecule has 304 valence electrons. The second kappa shape index (κ2) is 37.5. The molecule has 0 aliphatic rings. The van der Waals surface area contributed by atoms with Crippen LogP contribution in [0.2, 0.25) is 0 Å². The van der Waals surface area contributed by atoms with Gasteiger partial charge in [0.05, 0.1) is 6.61 Å². The fraction of sp³-hybridized carbons (Fsp3) is 0.833. The van der Waals surface area contributed by atoms with Gasteiger partial charge in [0.1, 0.15) is 6.61 Å². The van der Waals surface area contributed by atoms with Crippen LogP contribution in [0, 0.1) is 0 Å². The predicted octanol–water partition coefficient (Wildman–Crippen LogP) is 12.0. The third-order valence-electron chi connectivity index (χ3n) is 9.20. The summed E-state index contributed by atoms with van der Waals surface area (Å²) in [5, 5.41) is 0. The van der Waals surface area contributed by atoms with E-state index in [1.54, 1.807) is 6.08 Å². The molecule has 2 N–H and O–H groups in total. The van der Waals surface area contributed by atoms with Crippen molar-refractivity contribution < 1.29 is 42.7 Å². The van der Waals surface area contributed by atoms with Crippen molar-refractivity contribution in [1.29, 1.82) is 0 Å². The molecule has 0 saturated carbocycles. The Morgan fingerprint density at radius 1 is 0.538 bits per heavy atom. The number of ketones is 1. The van der Waals surface area contributed by atoms with E-state index in [0.717, 1.165) is 70.6 Å². The summed E-state index contributed by atoms with van der Waals surface area (Å²) in [7, 11) is -4.77. The molecule has 0 aromatic rings. The molecule has 0 radical (unpaired) electrons. The van der Waals surface area contributed by atoms with Gasteiger partial charge < -0.3 is 19.3 Å². The maximum Gasteiger partial charge on any atom is 0.469 e. The van der Waals surface area contributed by atoms with E-state index < -0.39 is 32.5 Å². The third kappa shape index (κ3) is 39.4. The number of allylic oxidation sites excluding steroid dienone is 4. The van der Waals surface area contributed by atoms with Crippen LogP contribution in [0.1, 0.15) is 206 Å². The SMILES string of the molecule is CCCCCCCCCCCCCCCCCCCCC(=O)O[C@H](COC(=O)CCCCCCC/C=C\C=C\C(=O)CCCCC)COP(=O)(O)O. The topological polar surface area (TPSA) is 136 Å². The number of hydrogen-bond acceptors (Lipinski definition) is 7. The Labute approximate surface area is 317 Å². The van der Waals surface area contributed by atoms with Crippen LogP contribution in [0.15, 0.2) is 24.3 Å². The highest BCUT2D eigenvalue weighted by molar-refractivity contribution is 7.46. The highest BCUT2D eigenvalue weighted by Crippen LogP contribution is 2.36. The third-order valence-corrected chi connectivity index (χ3v) is 9.68. The zero-order chi connectivity index (χ0) is 38.4. The highest BCUT2D eigenvalue weighted by atomic mass is 31.2. The first-order chi connectivity index (χ1) is 25.2. The lowest BCUT2D eigenvalue weighted by atomic mass is 10.0. The zero-order valence-corrected chi connectivity index (χ0v) is 34.1. The Morgan fingerprint density at radius 3 is 1.46 bits per heavy atom. The number of hydrogen-bond donors (Lipinski definition) is 2. The van der Waals surface area contributed by atoms with Crippen LogP contribution in [-0.4, -0.2) is 46.8 Å². The lowest BCUT2D eigenvalue weighted by Gasteiger charge is -2.18. The van der Waals surface area contributed by atoms with E-state index in [1.165, 1.54) is 89.9 Å². The van der Waals surface area contributed by atoms with Crippen LogP contribution in [0.3, 0.4) is 0 Å². The molecule has 0 aliphatic heterocycles. The molecular weight excluding hydrogens is 679 g/mol. The lowest BCUT2D eigenvalue weighted by molar-refractivity contribution is -0.161. The molecular formula is C42H77O9P. The molecule has 0 unspecified atom stereocenters. The summed E-state index contributed by atoms with van der Waals surface area (Å²) in [6.45, 7) is 3.52. The highest BCUT2D eigenvalue weighted by Gasteiger charge is 2.22. The molecule has 0 fully saturated rings. The number of phosphoric acid groups is 1. The first kappa shape index (κ1) is 50.2. The van der Waals surface area contributed by atoms with Crippen molar-refractivity contribution in [3.8, 4) is 0 Å². The van der Waals surface area contributed by atoms with E-state index in [0.29, 0.717) is 19.3 Å². The fourth-order valence-corrected chi connectivity index (χ4v) is 6.36. The Bertz CT molecular complexity index is 959. The van der Waals surface area contributed by atoms with E-state index in [9.17, 15) is 18.9 Å². The Kier molecular flexibility index (Phi) is 36.2. The Balaban J connectivity index is 3.95. The van der Waals surface area contributed by atoms with Gasteiger partial charge in [-0.1, -0.05) is 173 Å². The van der Waals surface area contributed by atoms with Crippen LogP contribution in [-0.2, 0) is 32.9 Å². The molecule has 0 aromatic heterocycles. The number of carbonyl (C=O) groups is 3. The standard InChI is InChI=1S/C42H77O9P/c1-3-5-7-8-9-10-11-12-13-14-15-16-17-18-21-25-28-32-36-42(45)51-40(38-50-52(46,47)48)37-49-41(44)35-31-27-24-22-19-20-23-26-30-34-39(43)33-29-6-4-2/h23,26,30,34,40H,3-22,24-25,27-29,31-33,35-38H2,1-2H3,(H2,46,47,48)/b26-23-,34-30+/t40-/m1/s1. The molecule has 0 aliphatic carbocycles. The van der Waals surface area contributed by atoms with Crippen molar-refractivity contribution in [3.05, 3.63) is 24.3 Å². The first-order valence-electron chi connectivity index (χ1n) is 21.1. The van der Waals surface area contributed by atoms with Gasteiger partial charge in [-0.15, -0.1) is 0 Å². The summed E-state index contributed by atoms with van der Waals surface area (Å²) < 4.78 is 26.3. The van der Waals surface area contributed by atoms with E-state index in [-0.39, 0.29) is 25.2 Å². The smallest absolute Gasteiger partial charge is 0.462 e. The van der Waals surface area contributed by atoms with E-state index in [4.69, 9.17) is 19.3 Å². The number of ether oxygens (including phenoxy) is 2. The molecule has 9 nitrogen and oxygen atoms in total. The summed E-state index contributed by atoms with van der Waals surface area (Å²) in [5.41, 5.74) is 0. The van der Waals surface area contributed by atoms with Crippen LogP contribution >= 0.6 is 7.82 Å². The van der Waals surface area contributed by atoms with Gasteiger partial charge in [-0.2, -0.15) is 0 Å². The molecule has 0 spiro atoms. The minimum Gasteiger partial charge on any atom is -0.462 e. The summed E-state index contributed by atoms with van der Waals surface area (Å²) in [4.78, 5) is 54.5. The van der Waals surface area contributed by atoms with Crippen molar-refractivity contribution in [2.45, 2.75) is 213 Å². The minimum atomic E-state index is -4.77. The van der Waals surface area contributed by atoms with Gasteiger partial charge in [0.2, 0.25) is 0 Å².